The average Bonchev–Trinajstić information content (AvgIpc) is 2.57. The molecule has 0 aliphatic heterocycles. The molecule has 0 bridgehead atoms. The molecule has 1 unspecified atom stereocenters. The monoisotopic (exact) mass is 225 g/mol. The molecule has 1 aromatic heterocycles. The summed E-state index contributed by atoms with van der Waals surface area (Å²) >= 11 is 0. The first kappa shape index (κ1) is 13.2. The van der Waals surface area contributed by atoms with Crippen molar-refractivity contribution in [3.63, 3.8) is 0 Å². The second-order valence-electron chi connectivity index (χ2n) is 5.41. The lowest BCUT2D eigenvalue weighted by atomic mass is 9.76. The van der Waals surface area contributed by atoms with Crippen molar-refractivity contribution in [1.82, 2.24) is 10.1 Å². The van der Waals surface area contributed by atoms with E-state index in [2.05, 4.69) is 30.9 Å². The van der Waals surface area contributed by atoms with E-state index in [1.807, 2.05) is 6.92 Å². The summed E-state index contributed by atoms with van der Waals surface area (Å²) in [5.74, 6) is 2.05. The summed E-state index contributed by atoms with van der Waals surface area (Å²) in [7, 11) is 0. The molecule has 1 heterocycles. The van der Waals surface area contributed by atoms with E-state index in [0.29, 0.717) is 11.7 Å². The Bertz CT molecular complexity index is 314. The Morgan fingerprint density at radius 1 is 1.31 bits per heavy atom. The first-order valence-electron chi connectivity index (χ1n) is 5.92. The molecule has 1 aromatic rings. The zero-order valence-electron chi connectivity index (χ0n) is 10.8. The third kappa shape index (κ3) is 3.93. The van der Waals surface area contributed by atoms with Crippen molar-refractivity contribution in [1.29, 1.82) is 0 Å². The van der Waals surface area contributed by atoms with Crippen molar-refractivity contribution in [3.05, 3.63) is 11.7 Å². The van der Waals surface area contributed by atoms with Crippen LogP contribution in [0, 0.1) is 18.3 Å². The van der Waals surface area contributed by atoms with Crippen LogP contribution >= 0.6 is 0 Å². The molecule has 0 spiro atoms. The van der Waals surface area contributed by atoms with Gasteiger partial charge in [0.2, 0.25) is 5.89 Å². The quantitative estimate of drug-likeness (QED) is 0.835. The molecule has 0 aromatic carbocycles. The summed E-state index contributed by atoms with van der Waals surface area (Å²) in [5.41, 5.74) is 5.93. The zero-order valence-corrected chi connectivity index (χ0v) is 10.8. The summed E-state index contributed by atoms with van der Waals surface area (Å²) in [5, 5.41) is 3.79. The SMILES string of the molecule is Cc1noc(CCC(CCN)C(C)(C)C)n1. The smallest absolute Gasteiger partial charge is 0.226 e. The average molecular weight is 225 g/mol. The van der Waals surface area contributed by atoms with Gasteiger partial charge in [-0.25, -0.2) is 0 Å². The maximum atomic E-state index is 5.65. The highest BCUT2D eigenvalue weighted by atomic mass is 16.5. The van der Waals surface area contributed by atoms with E-state index in [1.165, 1.54) is 0 Å². The van der Waals surface area contributed by atoms with E-state index in [0.717, 1.165) is 31.7 Å². The Morgan fingerprint density at radius 3 is 2.44 bits per heavy atom. The van der Waals surface area contributed by atoms with Crippen molar-refractivity contribution in [2.75, 3.05) is 6.54 Å². The minimum atomic E-state index is 0.286. The van der Waals surface area contributed by atoms with E-state index >= 15 is 0 Å². The number of aromatic nitrogens is 2. The van der Waals surface area contributed by atoms with Crippen molar-refractivity contribution in [2.24, 2.45) is 17.1 Å². The largest absolute Gasteiger partial charge is 0.339 e. The Labute approximate surface area is 97.6 Å². The van der Waals surface area contributed by atoms with Gasteiger partial charge >= 0.3 is 0 Å². The molecule has 0 saturated heterocycles. The van der Waals surface area contributed by atoms with E-state index in [9.17, 15) is 0 Å². The van der Waals surface area contributed by atoms with Gasteiger partial charge in [0.15, 0.2) is 5.82 Å². The molecule has 16 heavy (non-hydrogen) atoms. The third-order valence-corrected chi connectivity index (χ3v) is 3.02. The van der Waals surface area contributed by atoms with Gasteiger partial charge in [-0.05, 0) is 37.6 Å². The minimum absolute atomic E-state index is 0.286. The number of hydrogen-bond acceptors (Lipinski definition) is 4. The van der Waals surface area contributed by atoms with Crippen LogP contribution in [0.5, 0.6) is 0 Å². The highest BCUT2D eigenvalue weighted by molar-refractivity contribution is 4.85. The van der Waals surface area contributed by atoms with Crippen LogP contribution in [0.15, 0.2) is 4.52 Å². The van der Waals surface area contributed by atoms with Crippen LogP contribution in [-0.4, -0.2) is 16.7 Å². The van der Waals surface area contributed by atoms with Crippen LogP contribution < -0.4 is 5.73 Å². The predicted molar refractivity (Wildman–Crippen MR) is 64.0 cm³/mol. The zero-order chi connectivity index (χ0) is 12.2. The molecular weight excluding hydrogens is 202 g/mol. The minimum Gasteiger partial charge on any atom is -0.339 e. The topological polar surface area (TPSA) is 64.9 Å². The van der Waals surface area contributed by atoms with Crippen LogP contribution in [0.2, 0.25) is 0 Å². The second kappa shape index (κ2) is 5.43. The molecule has 92 valence electrons. The van der Waals surface area contributed by atoms with Gasteiger partial charge in [-0.1, -0.05) is 25.9 Å². The van der Waals surface area contributed by atoms with Crippen molar-refractivity contribution >= 4 is 0 Å². The molecule has 1 rings (SSSR count). The molecule has 0 aliphatic rings. The van der Waals surface area contributed by atoms with Gasteiger partial charge in [-0.3, -0.25) is 0 Å². The molecule has 0 fully saturated rings. The highest BCUT2D eigenvalue weighted by Gasteiger charge is 2.24. The molecule has 4 heteroatoms. The summed E-state index contributed by atoms with van der Waals surface area (Å²) in [6.45, 7) is 9.35. The van der Waals surface area contributed by atoms with E-state index in [-0.39, 0.29) is 5.41 Å². The first-order chi connectivity index (χ1) is 7.43. The van der Waals surface area contributed by atoms with Gasteiger partial charge in [-0.15, -0.1) is 0 Å². The van der Waals surface area contributed by atoms with Gasteiger partial charge in [0.05, 0.1) is 0 Å². The molecule has 0 saturated carbocycles. The second-order valence-corrected chi connectivity index (χ2v) is 5.41. The van der Waals surface area contributed by atoms with Gasteiger partial charge < -0.3 is 10.3 Å². The van der Waals surface area contributed by atoms with E-state index in [1.54, 1.807) is 0 Å². The number of rotatable bonds is 5. The lowest BCUT2D eigenvalue weighted by Crippen LogP contribution is -2.24. The summed E-state index contributed by atoms with van der Waals surface area (Å²) in [4.78, 5) is 4.22. The molecule has 0 amide bonds. The van der Waals surface area contributed by atoms with Crippen LogP contribution in [0.4, 0.5) is 0 Å². The number of aryl methyl sites for hydroxylation is 2. The van der Waals surface area contributed by atoms with Gasteiger partial charge in [0, 0.05) is 6.42 Å². The summed E-state index contributed by atoms with van der Waals surface area (Å²) in [6, 6.07) is 0. The number of nitrogens with two attached hydrogens (primary N) is 1. The lowest BCUT2D eigenvalue weighted by Gasteiger charge is -2.30. The maximum absolute atomic E-state index is 5.65. The lowest BCUT2D eigenvalue weighted by molar-refractivity contribution is 0.208. The first-order valence-corrected chi connectivity index (χ1v) is 5.92. The van der Waals surface area contributed by atoms with Crippen molar-refractivity contribution in [2.45, 2.75) is 47.0 Å². The molecule has 2 N–H and O–H groups in total. The fraction of sp³-hybridized carbons (Fsp3) is 0.833. The van der Waals surface area contributed by atoms with Gasteiger partial charge in [-0.2, -0.15) is 4.98 Å². The molecule has 4 nitrogen and oxygen atoms in total. The molecule has 1 atom stereocenters. The van der Waals surface area contributed by atoms with Crippen LogP contribution in [0.1, 0.15) is 45.3 Å². The Hall–Kier alpha value is -0.900. The predicted octanol–water partition coefficient (Wildman–Crippen LogP) is 2.32. The summed E-state index contributed by atoms with van der Waals surface area (Å²) in [6.07, 6.45) is 2.96. The van der Waals surface area contributed by atoms with E-state index in [4.69, 9.17) is 10.3 Å². The highest BCUT2D eigenvalue weighted by Crippen LogP contribution is 2.31. The van der Waals surface area contributed by atoms with E-state index < -0.39 is 0 Å². The Balaban J connectivity index is 2.50. The number of nitrogens with zero attached hydrogens (tertiary/aromatic N) is 2. The van der Waals surface area contributed by atoms with Crippen molar-refractivity contribution < 1.29 is 4.52 Å². The van der Waals surface area contributed by atoms with Gasteiger partial charge in [0.1, 0.15) is 0 Å². The fourth-order valence-corrected chi connectivity index (χ4v) is 1.95. The standard InChI is InChI=1S/C12H23N3O/c1-9-14-11(16-15-9)6-5-10(7-8-13)12(2,3)4/h10H,5-8,13H2,1-4H3. The Morgan fingerprint density at radius 2 is 2.00 bits per heavy atom. The Kier molecular flexibility index (Phi) is 4.47. The molecular formula is C12H23N3O. The van der Waals surface area contributed by atoms with Crippen LogP contribution in [0.3, 0.4) is 0 Å². The van der Waals surface area contributed by atoms with Crippen LogP contribution in [-0.2, 0) is 6.42 Å². The number of hydrogen-bond donors (Lipinski definition) is 1. The molecule has 0 radical (unpaired) electrons. The normalized spacial score (nSPS) is 14.1. The maximum Gasteiger partial charge on any atom is 0.226 e. The van der Waals surface area contributed by atoms with Crippen molar-refractivity contribution in [3.8, 4) is 0 Å². The molecule has 0 aliphatic carbocycles. The third-order valence-electron chi connectivity index (χ3n) is 3.02. The van der Waals surface area contributed by atoms with Crippen LogP contribution in [0.25, 0.3) is 0 Å². The van der Waals surface area contributed by atoms with Gasteiger partial charge in [0.25, 0.3) is 0 Å². The summed E-state index contributed by atoms with van der Waals surface area (Å²) < 4.78 is 5.11. The fourth-order valence-electron chi connectivity index (χ4n) is 1.95.